The summed E-state index contributed by atoms with van der Waals surface area (Å²) < 4.78 is 16.8. The lowest BCUT2D eigenvalue weighted by Gasteiger charge is -2.35. The average Bonchev–Trinajstić information content (AvgIpc) is 3.17. The minimum absolute atomic E-state index is 0.00720. The lowest BCUT2D eigenvalue weighted by atomic mass is 9.72. The summed E-state index contributed by atoms with van der Waals surface area (Å²) in [5.74, 6) is 1.66. The molecule has 3 aromatic rings. The van der Waals surface area contributed by atoms with Gasteiger partial charge in [-0.1, -0.05) is 29.4 Å². The molecule has 7 heteroatoms. The van der Waals surface area contributed by atoms with E-state index in [4.69, 9.17) is 14.0 Å². The minimum Gasteiger partial charge on any atom is -0.508 e. The SMILES string of the molecule is COc1cccc([C@H]2C3=C(C[C@H](c4ccc(O)cc4)CC3=O)Nc3onc(C)c32)c1OC. The van der Waals surface area contributed by atoms with Gasteiger partial charge in [0.25, 0.3) is 0 Å². The lowest BCUT2D eigenvalue weighted by Crippen LogP contribution is -2.29. The van der Waals surface area contributed by atoms with Crippen molar-refractivity contribution >= 4 is 11.7 Å². The van der Waals surface area contributed by atoms with Crippen LogP contribution in [0.3, 0.4) is 0 Å². The van der Waals surface area contributed by atoms with E-state index in [2.05, 4.69) is 10.5 Å². The summed E-state index contributed by atoms with van der Waals surface area (Å²) >= 11 is 0. The number of fused-ring (bicyclic) bond motifs is 1. The maximum atomic E-state index is 13.6. The zero-order chi connectivity index (χ0) is 22.4. The number of nitrogens with one attached hydrogen (secondary N) is 1. The van der Waals surface area contributed by atoms with Crippen LogP contribution >= 0.6 is 0 Å². The van der Waals surface area contributed by atoms with Gasteiger partial charge in [0, 0.05) is 23.3 Å². The lowest BCUT2D eigenvalue weighted by molar-refractivity contribution is -0.116. The van der Waals surface area contributed by atoms with Gasteiger partial charge in [0.15, 0.2) is 17.3 Å². The van der Waals surface area contributed by atoms with Crippen molar-refractivity contribution in [2.24, 2.45) is 0 Å². The van der Waals surface area contributed by atoms with Crippen molar-refractivity contribution in [2.45, 2.75) is 31.6 Å². The van der Waals surface area contributed by atoms with Crippen molar-refractivity contribution in [3.63, 3.8) is 0 Å². The highest BCUT2D eigenvalue weighted by atomic mass is 16.5. The first kappa shape index (κ1) is 20.2. The van der Waals surface area contributed by atoms with Crippen LogP contribution in [-0.2, 0) is 4.79 Å². The van der Waals surface area contributed by atoms with Crippen molar-refractivity contribution < 1.29 is 23.9 Å². The molecule has 2 heterocycles. The molecular formula is C25H24N2O5. The first-order valence-corrected chi connectivity index (χ1v) is 10.5. The molecule has 2 N–H and O–H groups in total. The maximum absolute atomic E-state index is 13.6. The molecular weight excluding hydrogens is 408 g/mol. The number of carbonyl (C=O) groups is 1. The van der Waals surface area contributed by atoms with Crippen LogP contribution in [0.2, 0.25) is 0 Å². The monoisotopic (exact) mass is 432 g/mol. The standard InChI is InChI=1S/C25H24N2O5/c1-13-21-22(17-5-4-6-20(30-2)24(17)31-3)23-18(26-25(21)32-27-13)11-15(12-19(23)29)14-7-9-16(28)10-8-14/h4-10,15,22,26,28H,11-12H2,1-3H3/t15-,22+/m0/s1. The van der Waals surface area contributed by atoms with E-state index >= 15 is 0 Å². The molecule has 2 aromatic carbocycles. The first-order valence-electron chi connectivity index (χ1n) is 10.5. The summed E-state index contributed by atoms with van der Waals surface area (Å²) in [6.45, 7) is 1.88. The molecule has 5 rings (SSSR count). The van der Waals surface area contributed by atoms with Crippen molar-refractivity contribution in [2.75, 3.05) is 19.5 Å². The van der Waals surface area contributed by atoms with E-state index in [0.29, 0.717) is 35.8 Å². The number of Topliss-reactive ketones (excluding diaryl/α,β-unsaturated/α-hetero) is 1. The average molecular weight is 432 g/mol. The molecule has 32 heavy (non-hydrogen) atoms. The van der Waals surface area contributed by atoms with Crippen LogP contribution in [0.25, 0.3) is 0 Å². The molecule has 1 aliphatic carbocycles. The number of rotatable bonds is 4. The van der Waals surface area contributed by atoms with Crippen LogP contribution < -0.4 is 14.8 Å². The fourth-order valence-electron chi connectivity index (χ4n) is 4.90. The van der Waals surface area contributed by atoms with E-state index in [1.165, 1.54) is 0 Å². The van der Waals surface area contributed by atoms with Gasteiger partial charge in [-0.3, -0.25) is 4.79 Å². The number of aromatic hydroxyl groups is 1. The smallest absolute Gasteiger partial charge is 0.233 e. The molecule has 0 saturated heterocycles. The van der Waals surface area contributed by atoms with E-state index in [1.54, 1.807) is 26.4 Å². The predicted octanol–water partition coefficient (Wildman–Crippen LogP) is 4.66. The van der Waals surface area contributed by atoms with E-state index in [9.17, 15) is 9.90 Å². The van der Waals surface area contributed by atoms with E-state index in [0.717, 1.165) is 28.1 Å². The molecule has 0 bridgehead atoms. The fraction of sp³-hybridized carbons (Fsp3) is 0.280. The second-order valence-corrected chi connectivity index (χ2v) is 8.16. The highest BCUT2D eigenvalue weighted by Gasteiger charge is 2.42. The molecule has 1 aliphatic heterocycles. The summed E-state index contributed by atoms with van der Waals surface area (Å²) in [5, 5.41) is 17.1. The van der Waals surface area contributed by atoms with Gasteiger partial charge in [0.1, 0.15) is 5.75 Å². The zero-order valence-electron chi connectivity index (χ0n) is 18.1. The van der Waals surface area contributed by atoms with Crippen LogP contribution in [0.5, 0.6) is 17.2 Å². The molecule has 164 valence electrons. The molecule has 0 saturated carbocycles. The molecule has 0 unspecified atom stereocenters. The van der Waals surface area contributed by atoms with Crippen molar-refractivity contribution in [3.8, 4) is 17.2 Å². The van der Waals surface area contributed by atoms with E-state index < -0.39 is 0 Å². The Labute approximate surface area is 185 Å². The van der Waals surface area contributed by atoms with Crippen LogP contribution in [0.4, 0.5) is 5.88 Å². The molecule has 1 aromatic heterocycles. The number of carbonyl (C=O) groups excluding carboxylic acids is 1. The van der Waals surface area contributed by atoms with Gasteiger partial charge in [-0.15, -0.1) is 0 Å². The number of ether oxygens (including phenoxy) is 2. The molecule has 2 atom stereocenters. The van der Waals surface area contributed by atoms with Gasteiger partial charge in [0.05, 0.1) is 31.4 Å². The normalized spacial score (nSPS) is 19.8. The van der Waals surface area contributed by atoms with Gasteiger partial charge >= 0.3 is 0 Å². The molecule has 0 fully saturated rings. The summed E-state index contributed by atoms with van der Waals surface area (Å²) in [6, 6.07) is 12.7. The van der Waals surface area contributed by atoms with E-state index in [1.807, 2.05) is 37.3 Å². The van der Waals surface area contributed by atoms with Crippen LogP contribution in [0.15, 0.2) is 58.3 Å². The Morgan fingerprint density at radius 1 is 1.09 bits per heavy atom. The highest BCUT2D eigenvalue weighted by Crippen LogP contribution is 2.51. The number of benzene rings is 2. The Morgan fingerprint density at radius 2 is 1.88 bits per heavy atom. The van der Waals surface area contributed by atoms with Gasteiger partial charge in [0.2, 0.25) is 5.88 Å². The molecule has 7 nitrogen and oxygen atoms in total. The maximum Gasteiger partial charge on any atom is 0.233 e. The molecule has 2 aliphatic rings. The number of hydrogen-bond donors (Lipinski definition) is 2. The van der Waals surface area contributed by atoms with E-state index in [-0.39, 0.29) is 23.4 Å². The summed E-state index contributed by atoms with van der Waals surface area (Å²) in [6.07, 6.45) is 1.03. The minimum atomic E-state index is -0.370. The summed E-state index contributed by atoms with van der Waals surface area (Å²) in [7, 11) is 3.20. The highest BCUT2D eigenvalue weighted by molar-refractivity contribution is 6.01. The van der Waals surface area contributed by atoms with Crippen LogP contribution in [0, 0.1) is 6.92 Å². The second kappa shape index (κ2) is 7.75. The Kier molecular flexibility index (Phi) is 4.89. The van der Waals surface area contributed by atoms with Crippen LogP contribution in [-0.4, -0.2) is 30.3 Å². The predicted molar refractivity (Wildman–Crippen MR) is 118 cm³/mol. The number of aromatic nitrogens is 1. The van der Waals surface area contributed by atoms with Gasteiger partial charge < -0.3 is 24.4 Å². The fourth-order valence-corrected chi connectivity index (χ4v) is 4.90. The number of anilines is 1. The number of phenols is 1. The Hall–Kier alpha value is -3.74. The number of hydrogen-bond acceptors (Lipinski definition) is 7. The molecule has 0 amide bonds. The van der Waals surface area contributed by atoms with Crippen molar-refractivity contribution in [1.82, 2.24) is 5.16 Å². The third kappa shape index (κ3) is 3.12. The topological polar surface area (TPSA) is 93.8 Å². The van der Waals surface area contributed by atoms with Crippen molar-refractivity contribution in [3.05, 3.63) is 76.1 Å². The Morgan fingerprint density at radius 3 is 2.59 bits per heavy atom. The second-order valence-electron chi connectivity index (χ2n) is 8.16. The number of para-hydroxylation sites is 1. The number of aryl methyl sites for hydroxylation is 1. The Bertz CT molecular complexity index is 1230. The third-order valence-corrected chi connectivity index (χ3v) is 6.37. The van der Waals surface area contributed by atoms with Gasteiger partial charge in [-0.05, 0) is 43.0 Å². The third-order valence-electron chi connectivity index (χ3n) is 6.37. The largest absolute Gasteiger partial charge is 0.508 e. The number of ketones is 1. The van der Waals surface area contributed by atoms with Gasteiger partial charge in [-0.2, -0.15) is 0 Å². The first-order chi connectivity index (χ1) is 15.5. The Balaban J connectivity index is 1.66. The van der Waals surface area contributed by atoms with Gasteiger partial charge in [-0.25, -0.2) is 0 Å². The number of phenolic OH excluding ortho intramolecular Hbond substituents is 1. The number of methoxy groups -OCH3 is 2. The molecule has 0 spiro atoms. The van der Waals surface area contributed by atoms with Crippen LogP contribution in [0.1, 0.15) is 47.1 Å². The quantitative estimate of drug-likeness (QED) is 0.619. The zero-order valence-corrected chi connectivity index (χ0v) is 18.1. The van der Waals surface area contributed by atoms with Crippen molar-refractivity contribution in [1.29, 1.82) is 0 Å². The number of nitrogens with zero attached hydrogens (tertiary/aromatic N) is 1. The number of allylic oxidation sites excluding steroid dienone is 2. The summed E-state index contributed by atoms with van der Waals surface area (Å²) in [5.41, 5.74) is 4.96. The summed E-state index contributed by atoms with van der Waals surface area (Å²) in [4.78, 5) is 13.6. The molecule has 0 radical (unpaired) electrons.